The predicted molar refractivity (Wildman–Crippen MR) is 88.1 cm³/mol. The fourth-order valence-corrected chi connectivity index (χ4v) is 2.93. The van der Waals surface area contributed by atoms with Crippen molar-refractivity contribution in [3.8, 4) is 0 Å². The standard InChI is InChI=1S/C15H19N3O3S/c1-10-5-3-4-6-11(10)17-13(19)9-12-14(20)18-15(22-12)16-7-8-21-2/h3-6,12H,7-9H2,1-2H3,(H,17,19)(H,16,18,20)/t12-/m1/s1. The third-order valence-corrected chi connectivity index (χ3v) is 4.24. The molecule has 2 N–H and O–H groups in total. The number of amidine groups is 1. The number of rotatable bonds is 6. The summed E-state index contributed by atoms with van der Waals surface area (Å²) in [6.45, 7) is 2.91. The van der Waals surface area contributed by atoms with Crippen molar-refractivity contribution in [2.24, 2.45) is 4.99 Å². The van der Waals surface area contributed by atoms with Gasteiger partial charge in [0, 0.05) is 19.2 Å². The number of anilines is 1. The maximum atomic E-state index is 12.1. The summed E-state index contributed by atoms with van der Waals surface area (Å²) in [7, 11) is 1.60. The number of hydrogen-bond acceptors (Lipinski definition) is 5. The van der Waals surface area contributed by atoms with Gasteiger partial charge in [-0.2, -0.15) is 0 Å². The van der Waals surface area contributed by atoms with Gasteiger partial charge in [-0.25, -0.2) is 0 Å². The van der Waals surface area contributed by atoms with Crippen LogP contribution in [-0.4, -0.2) is 42.5 Å². The number of amides is 2. The van der Waals surface area contributed by atoms with E-state index in [1.807, 2.05) is 31.2 Å². The minimum absolute atomic E-state index is 0.119. The van der Waals surface area contributed by atoms with Crippen molar-refractivity contribution < 1.29 is 14.3 Å². The Bertz CT molecular complexity index is 589. The van der Waals surface area contributed by atoms with Crippen molar-refractivity contribution in [1.29, 1.82) is 0 Å². The number of aliphatic imine (C=N–C) groups is 1. The maximum Gasteiger partial charge on any atom is 0.240 e. The summed E-state index contributed by atoms with van der Waals surface area (Å²) in [6.07, 6.45) is 0.119. The van der Waals surface area contributed by atoms with Crippen molar-refractivity contribution in [2.45, 2.75) is 18.6 Å². The average Bonchev–Trinajstić information content (AvgIpc) is 2.82. The molecule has 2 rings (SSSR count). The highest BCUT2D eigenvalue weighted by atomic mass is 32.2. The number of benzene rings is 1. The maximum absolute atomic E-state index is 12.1. The molecule has 2 amide bonds. The van der Waals surface area contributed by atoms with Gasteiger partial charge in [0.2, 0.25) is 11.8 Å². The van der Waals surface area contributed by atoms with Crippen LogP contribution < -0.4 is 10.6 Å². The molecule has 0 saturated carbocycles. The number of ether oxygens (including phenoxy) is 1. The number of methoxy groups -OCH3 is 1. The van der Waals surface area contributed by atoms with Crippen LogP contribution in [0.3, 0.4) is 0 Å². The number of thioether (sulfide) groups is 1. The second-order valence-electron chi connectivity index (χ2n) is 4.84. The second-order valence-corrected chi connectivity index (χ2v) is 6.03. The molecule has 7 heteroatoms. The number of carbonyl (C=O) groups excluding carboxylic acids is 2. The lowest BCUT2D eigenvalue weighted by molar-refractivity contribution is -0.122. The SMILES string of the molecule is COCCN=C1NC(=O)[C@@H](CC(=O)Nc2ccccc2C)S1. The first-order valence-electron chi connectivity index (χ1n) is 6.96. The molecule has 1 aromatic carbocycles. The van der Waals surface area contributed by atoms with Crippen molar-refractivity contribution in [3.63, 3.8) is 0 Å². The Balaban J connectivity index is 1.88. The average molecular weight is 321 g/mol. The van der Waals surface area contributed by atoms with Crippen molar-refractivity contribution >= 4 is 34.4 Å². The first-order chi connectivity index (χ1) is 10.6. The molecule has 0 unspecified atom stereocenters. The third kappa shape index (κ3) is 4.57. The molecule has 1 aliphatic heterocycles. The van der Waals surface area contributed by atoms with Crippen LogP contribution in [0.1, 0.15) is 12.0 Å². The van der Waals surface area contributed by atoms with Gasteiger partial charge in [0.25, 0.3) is 0 Å². The molecule has 0 bridgehead atoms. The minimum atomic E-state index is -0.440. The van der Waals surface area contributed by atoms with E-state index in [0.29, 0.717) is 18.3 Å². The molecule has 0 radical (unpaired) electrons. The van der Waals surface area contributed by atoms with E-state index in [2.05, 4.69) is 15.6 Å². The number of aryl methyl sites for hydroxylation is 1. The van der Waals surface area contributed by atoms with Crippen molar-refractivity contribution in [1.82, 2.24) is 5.32 Å². The molecule has 118 valence electrons. The molecular weight excluding hydrogens is 302 g/mol. The monoisotopic (exact) mass is 321 g/mol. The molecule has 1 atom stereocenters. The minimum Gasteiger partial charge on any atom is -0.383 e. The number of para-hydroxylation sites is 1. The summed E-state index contributed by atoms with van der Waals surface area (Å²) in [4.78, 5) is 28.1. The molecule has 0 spiro atoms. The lowest BCUT2D eigenvalue weighted by atomic mass is 10.2. The van der Waals surface area contributed by atoms with Gasteiger partial charge in [-0.15, -0.1) is 0 Å². The molecule has 0 aromatic heterocycles. The summed E-state index contributed by atoms with van der Waals surface area (Å²) in [5.41, 5.74) is 1.76. The van der Waals surface area contributed by atoms with Crippen LogP contribution in [0.15, 0.2) is 29.3 Å². The number of nitrogens with one attached hydrogen (secondary N) is 2. The van der Waals surface area contributed by atoms with E-state index in [9.17, 15) is 9.59 Å². The molecule has 0 aliphatic carbocycles. The highest BCUT2D eigenvalue weighted by Crippen LogP contribution is 2.23. The summed E-state index contributed by atoms with van der Waals surface area (Å²) in [6, 6.07) is 7.54. The van der Waals surface area contributed by atoms with Crippen LogP contribution in [0.5, 0.6) is 0 Å². The van der Waals surface area contributed by atoms with Gasteiger partial charge >= 0.3 is 0 Å². The molecular formula is C15H19N3O3S. The molecule has 1 saturated heterocycles. The fraction of sp³-hybridized carbons (Fsp3) is 0.400. The van der Waals surface area contributed by atoms with Crippen LogP contribution in [0, 0.1) is 6.92 Å². The number of hydrogen-bond donors (Lipinski definition) is 2. The van der Waals surface area contributed by atoms with Gasteiger partial charge in [-0.05, 0) is 18.6 Å². The van der Waals surface area contributed by atoms with Crippen molar-refractivity contribution in [2.75, 3.05) is 25.6 Å². The highest BCUT2D eigenvalue weighted by Gasteiger charge is 2.31. The summed E-state index contributed by atoms with van der Waals surface area (Å²) >= 11 is 1.29. The molecule has 1 aromatic rings. The van der Waals surface area contributed by atoms with Gasteiger partial charge < -0.3 is 15.4 Å². The Morgan fingerprint density at radius 3 is 2.95 bits per heavy atom. The van der Waals surface area contributed by atoms with E-state index in [4.69, 9.17) is 4.74 Å². The Morgan fingerprint density at radius 1 is 1.45 bits per heavy atom. The van der Waals surface area contributed by atoms with E-state index in [-0.39, 0.29) is 18.2 Å². The Hall–Kier alpha value is -1.86. The van der Waals surface area contributed by atoms with Crippen LogP contribution in [0.4, 0.5) is 5.69 Å². The highest BCUT2D eigenvalue weighted by molar-refractivity contribution is 8.15. The van der Waals surface area contributed by atoms with E-state index < -0.39 is 5.25 Å². The zero-order valence-electron chi connectivity index (χ0n) is 12.6. The molecule has 6 nitrogen and oxygen atoms in total. The van der Waals surface area contributed by atoms with Crippen LogP contribution in [-0.2, 0) is 14.3 Å². The Morgan fingerprint density at radius 2 is 2.23 bits per heavy atom. The molecule has 1 fully saturated rings. The van der Waals surface area contributed by atoms with Gasteiger partial charge in [-0.1, -0.05) is 30.0 Å². The second kappa shape index (κ2) is 7.95. The van der Waals surface area contributed by atoms with Crippen LogP contribution in [0.25, 0.3) is 0 Å². The Kier molecular flexibility index (Phi) is 5.97. The van der Waals surface area contributed by atoms with Crippen molar-refractivity contribution in [3.05, 3.63) is 29.8 Å². The first kappa shape index (κ1) is 16.5. The Labute approximate surface area is 133 Å². The zero-order valence-corrected chi connectivity index (χ0v) is 13.4. The molecule has 22 heavy (non-hydrogen) atoms. The van der Waals surface area contributed by atoms with E-state index in [1.54, 1.807) is 7.11 Å². The van der Waals surface area contributed by atoms with E-state index in [0.717, 1.165) is 11.3 Å². The summed E-state index contributed by atoms with van der Waals surface area (Å²) in [5, 5.41) is 5.63. The lowest BCUT2D eigenvalue weighted by Gasteiger charge is -2.09. The smallest absolute Gasteiger partial charge is 0.240 e. The van der Waals surface area contributed by atoms with Crippen LogP contribution in [0.2, 0.25) is 0 Å². The zero-order chi connectivity index (χ0) is 15.9. The number of carbonyl (C=O) groups is 2. The summed E-state index contributed by atoms with van der Waals surface area (Å²) < 4.78 is 4.90. The fourth-order valence-electron chi connectivity index (χ4n) is 1.94. The normalized spacial score (nSPS) is 19.3. The number of nitrogens with zero attached hydrogens (tertiary/aromatic N) is 1. The van der Waals surface area contributed by atoms with E-state index in [1.165, 1.54) is 11.8 Å². The van der Waals surface area contributed by atoms with Gasteiger partial charge in [0.15, 0.2) is 5.17 Å². The first-order valence-corrected chi connectivity index (χ1v) is 7.84. The lowest BCUT2D eigenvalue weighted by Crippen LogP contribution is -2.28. The topological polar surface area (TPSA) is 79.8 Å². The summed E-state index contributed by atoms with van der Waals surface area (Å²) in [5.74, 6) is -0.360. The predicted octanol–water partition coefficient (Wildman–Crippen LogP) is 1.56. The van der Waals surface area contributed by atoms with Crippen LogP contribution >= 0.6 is 11.8 Å². The van der Waals surface area contributed by atoms with Gasteiger partial charge in [-0.3, -0.25) is 14.6 Å². The quantitative estimate of drug-likeness (QED) is 0.779. The molecule has 1 aliphatic rings. The van der Waals surface area contributed by atoms with Gasteiger partial charge in [0.1, 0.15) is 5.25 Å². The van der Waals surface area contributed by atoms with E-state index >= 15 is 0 Å². The third-order valence-electron chi connectivity index (χ3n) is 3.12. The largest absolute Gasteiger partial charge is 0.383 e. The molecule has 1 heterocycles. The van der Waals surface area contributed by atoms with Gasteiger partial charge in [0.05, 0.1) is 13.2 Å².